The fourth-order valence-corrected chi connectivity index (χ4v) is 4.62. The number of carboxylic acid groups (broad SMARTS) is 2. The molecular weight excluding hydrogens is 641 g/mol. The van der Waals surface area contributed by atoms with Crippen LogP contribution in [0.5, 0.6) is 0 Å². The molecule has 290 valence electrons. The first-order valence-corrected chi connectivity index (χ1v) is 20.1. The molecule has 0 aliphatic heterocycles. The van der Waals surface area contributed by atoms with E-state index in [0.29, 0.717) is 6.42 Å². The Hall–Kier alpha value is -3.92. The largest absolute Gasteiger partial charge is 0.481 e. The molecule has 0 aromatic rings. The summed E-state index contributed by atoms with van der Waals surface area (Å²) in [6.45, 7) is 4.31. The van der Waals surface area contributed by atoms with E-state index in [4.69, 9.17) is 10.2 Å². The first-order chi connectivity index (χ1) is 25.5. The molecule has 0 radical (unpaired) electrons. The van der Waals surface area contributed by atoms with Gasteiger partial charge in [0.15, 0.2) is 0 Å². The Labute approximate surface area is 319 Å². The Balaban J connectivity index is 0. The minimum Gasteiger partial charge on any atom is -0.481 e. The molecule has 0 aliphatic rings. The van der Waals surface area contributed by atoms with Crippen LogP contribution in [0.3, 0.4) is 0 Å². The maximum absolute atomic E-state index is 10.4. The summed E-state index contributed by atoms with van der Waals surface area (Å²) in [4.78, 5) is 20.7. The third-order valence-corrected chi connectivity index (χ3v) is 7.53. The SMILES string of the molecule is CC/C=C\C/C=C\C/C=C\C/C=C\C/C=C\C/C=C\CCCCC(=O)O.CC/C=C\C/C=C\C/C=C\C/C=C\C/C=C\CCCCCCCC(=O)O. The predicted octanol–water partition coefficient (Wildman–Crippen LogP) is 14.9. The summed E-state index contributed by atoms with van der Waals surface area (Å²) in [5.41, 5.74) is 0. The monoisotopic (exact) mass is 715 g/mol. The zero-order valence-corrected chi connectivity index (χ0v) is 33.0. The standard InChI is InChI=1S/C24H38O2.C24H36O2/c2*1-2-3-4-5-6-7-8-9-10-11-12-13-14-15-16-17-18-19-20-21-22-23-24(25)26/h3-4,6-7,9-10,12-13,15-16H,2,5,8,11,14,17-23H2,1H3,(H,25,26);3-4,6-7,9-10,12-13,15-16,18-19H,2,5,8,11,14,17,20-23H2,1H3,(H,25,26)/b4-3-,7-6-,10-9-,13-12-,16-15-;4-3-,7-6-,10-9-,13-12-,16-15-,19-18-. The number of hydrogen-bond donors (Lipinski definition) is 2. The van der Waals surface area contributed by atoms with Gasteiger partial charge in [0.1, 0.15) is 0 Å². The van der Waals surface area contributed by atoms with Crippen LogP contribution in [0.2, 0.25) is 0 Å². The molecule has 0 bridgehead atoms. The van der Waals surface area contributed by atoms with Gasteiger partial charge >= 0.3 is 11.9 Å². The van der Waals surface area contributed by atoms with Crippen LogP contribution in [-0.4, -0.2) is 22.2 Å². The molecule has 0 amide bonds. The lowest BCUT2D eigenvalue weighted by Crippen LogP contribution is -1.93. The van der Waals surface area contributed by atoms with Crippen molar-refractivity contribution in [2.24, 2.45) is 0 Å². The van der Waals surface area contributed by atoms with Crippen LogP contribution in [0.4, 0.5) is 0 Å². The van der Waals surface area contributed by atoms with Crippen LogP contribution in [0.15, 0.2) is 134 Å². The highest BCUT2D eigenvalue weighted by Gasteiger charge is 1.96. The summed E-state index contributed by atoms with van der Waals surface area (Å²) < 4.78 is 0. The van der Waals surface area contributed by atoms with Crippen LogP contribution < -0.4 is 0 Å². The molecule has 0 aliphatic carbocycles. The highest BCUT2D eigenvalue weighted by Crippen LogP contribution is 2.08. The van der Waals surface area contributed by atoms with E-state index in [1.54, 1.807) is 0 Å². The number of unbranched alkanes of at least 4 members (excludes halogenated alkanes) is 7. The topological polar surface area (TPSA) is 74.6 Å². The first-order valence-electron chi connectivity index (χ1n) is 20.1. The van der Waals surface area contributed by atoms with E-state index in [-0.39, 0.29) is 6.42 Å². The Kier molecular flexibility index (Phi) is 45.4. The van der Waals surface area contributed by atoms with Gasteiger partial charge in [-0.2, -0.15) is 0 Å². The van der Waals surface area contributed by atoms with Gasteiger partial charge in [-0.3, -0.25) is 9.59 Å². The molecule has 0 spiro atoms. The van der Waals surface area contributed by atoms with E-state index in [1.807, 2.05) is 0 Å². The van der Waals surface area contributed by atoms with Crippen molar-refractivity contribution in [1.29, 1.82) is 0 Å². The van der Waals surface area contributed by atoms with Crippen LogP contribution in [-0.2, 0) is 9.59 Å². The van der Waals surface area contributed by atoms with Gasteiger partial charge in [0.25, 0.3) is 0 Å². The summed E-state index contributed by atoms with van der Waals surface area (Å²) in [5.74, 6) is -1.38. The van der Waals surface area contributed by atoms with E-state index in [2.05, 4.69) is 148 Å². The molecule has 0 fully saturated rings. The molecule has 0 rings (SSSR count). The molecule has 0 atom stereocenters. The smallest absolute Gasteiger partial charge is 0.303 e. The average molecular weight is 715 g/mol. The van der Waals surface area contributed by atoms with Gasteiger partial charge < -0.3 is 10.2 Å². The zero-order valence-electron chi connectivity index (χ0n) is 33.0. The van der Waals surface area contributed by atoms with Crippen molar-refractivity contribution in [2.75, 3.05) is 0 Å². The predicted molar refractivity (Wildman–Crippen MR) is 229 cm³/mol. The molecule has 4 heteroatoms. The second kappa shape index (κ2) is 47.1. The number of aliphatic carboxylic acids is 2. The van der Waals surface area contributed by atoms with Gasteiger partial charge in [-0.05, 0) is 109 Å². The van der Waals surface area contributed by atoms with Gasteiger partial charge in [-0.25, -0.2) is 0 Å². The highest BCUT2D eigenvalue weighted by atomic mass is 16.4. The van der Waals surface area contributed by atoms with Crippen LogP contribution in [0, 0.1) is 0 Å². The van der Waals surface area contributed by atoms with E-state index >= 15 is 0 Å². The minimum atomic E-state index is -0.701. The molecule has 0 aromatic heterocycles. The molecule has 0 saturated carbocycles. The van der Waals surface area contributed by atoms with Crippen molar-refractivity contribution < 1.29 is 19.8 Å². The van der Waals surface area contributed by atoms with Crippen LogP contribution >= 0.6 is 0 Å². The number of carbonyl (C=O) groups is 2. The van der Waals surface area contributed by atoms with Crippen molar-refractivity contribution in [1.82, 2.24) is 0 Å². The lowest BCUT2D eigenvalue weighted by molar-refractivity contribution is -0.138. The summed E-state index contributed by atoms with van der Waals surface area (Å²) in [7, 11) is 0. The first kappa shape index (κ1) is 50.2. The molecule has 0 heterocycles. The highest BCUT2D eigenvalue weighted by molar-refractivity contribution is 5.66. The number of rotatable bonds is 33. The van der Waals surface area contributed by atoms with E-state index in [1.165, 1.54) is 12.8 Å². The molecule has 2 N–H and O–H groups in total. The lowest BCUT2D eigenvalue weighted by atomic mass is 10.1. The van der Waals surface area contributed by atoms with Crippen molar-refractivity contribution in [3.05, 3.63) is 134 Å². The van der Waals surface area contributed by atoms with Gasteiger partial charge in [0.2, 0.25) is 0 Å². The molecular formula is C48H74O4. The van der Waals surface area contributed by atoms with Gasteiger partial charge in [0.05, 0.1) is 0 Å². The van der Waals surface area contributed by atoms with E-state index < -0.39 is 11.9 Å². The summed E-state index contributed by atoms with van der Waals surface area (Å²) in [5, 5.41) is 17.1. The number of carboxylic acids is 2. The number of hydrogen-bond acceptors (Lipinski definition) is 2. The van der Waals surface area contributed by atoms with Crippen molar-refractivity contribution in [3.8, 4) is 0 Å². The third kappa shape index (κ3) is 52.9. The number of allylic oxidation sites excluding steroid dienone is 22. The van der Waals surface area contributed by atoms with Crippen molar-refractivity contribution in [2.45, 2.75) is 155 Å². The van der Waals surface area contributed by atoms with Crippen molar-refractivity contribution in [3.63, 3.8) is 0 Å². The molecule has 0 aromatic carbocycles. The fourth-order valence-electron chi connectivity index (χ4n) is 4.62. The van der Waals surface area contributed by atoms with Gasteiger partial charge in [0, 0.05) is 12.8 Å². The van der Waals surface area contributed by atoms with Crippen molar-refractivity contribution >= 4 is 11.9 Å². The Morgan fingerprint density at radius 2 is 0.519 bits per heavy atom. The maximum Gasteiger partial charge on any atom is 0.303 e. The maximum atomic E-state index is 10.4. The average Bonchev–Trinajstić information content (AvgIpc) is 3.13. The van der Waals surface area contributed by atoms with Crippen LogP contribution in [0.1, 0.15) is 155 Å². The Morgan fingerprint density at radius 3 is 0.808 bits per heavy atom. The summed E-state index contributed by atoms with van der Waals surface area (Å²) in [6, 6.07) is 0. The Morgan fingerprint density at radius 1 is 0.308 bits per heavy atom. The minimum absolute atomic E-state index is 0.280. The fraction of sp³-hybridized carbons (Fsp3) is 0.500. The second-order valence-corrected chi connectivity index (χ2v) is 12.5. The van der Waals surface area contributed by atoms with E-state index in [9.17, 15) is 9.59 Å². The summed E-state index contributed by atoms with van der Waals surface area (Å²) in [6.07, 6.45) is 69.6. The molecule has 0 saturated heterocycles. The van der Waals surface area contributed by atoms with Gasteiger partial charge in [-0.15, -0.1) is 0 Å². The second-order valence-electron chi connectivity index (χ2n) is 12.5. The Bertz CT molecular complexity index is 1120. The molecule has 52 heavy (non-hydrogen) atoms. The third-order valence-electron chi connectivity index (χ3n) is 7.53. The molecule has 0 unspecified atom stereocenters. The molecule has 4 nitrogen and oxygen atoms in total. The summed E-state index contributed by atoms with van der Waals surface area (Å²) >= 11 is 0. The lowest BCUT2D eigenvalue weighted by Gasteiger charge is -1.98. The van der Waals surface area contributed by atoms with Crippen LogP contribution in [0.25, 0.3) is 0 Å². The van der Waals surface area contributed by atoms with E-state index in [0.717, 1.165) is 116 Å². The zero-order chi connectivity index (χ0) is 38.3. The van der Waals surface area contributed by atoms with Gasteiger partial charge in [-0.1, -0.05) is 167 Å². The quantitative estimate of drug-likeness (QED) is 0.0524. The normalized spacial score (nSPS) is 12.8.